The zero-order chi connectivity index (χ0) is 28.6. The third-order valence-electron chi connectivity index (χ3n) is 5.07. The fraction of sp³-hybridized carbons (Fsp3) is 0.654. The molecule has 0 aliphatic heterocycles. The van der Waals surface area contributed by atoms with E-state index in [-0.39, 0.29) is 12.4 Å². The molecule has 0 aliphatic rings. The van der Waals surface area contributed by atoms with Crippen LogP contribution in [0.2, 0.25) is 0 Å². The smallest absolute Gasteiger partial charge is 0.333 e. The van der Waals surface area contributed by atoms with Gasteiger partial charge in [-0.3, -0.25) is 9.35 Å². The number of carboxylic acid groups (broad SMARTS) is 1. The molecule has 1 atom stereocenters. The summed E-state index contributed by atoms with van der Waals surface area (Å²) in [5.41, 5.74) is 0.488. The summed E-state index contributed by atoms with van der Waals surface area (Å²) in [6, 6.07) is 0. The fourth-order valence-corrected chi connectivity index (χ4v) is 3.12. The van der Waals surface area contributed by atoms with Gasteiger partial charge >= 0.3 is 11.9 Å². The number of ether oxygens (including phenoxy) is 1. The summed E-state index contributed by atoms with van der Waals surface area (Å²) >= 11 is 0. The molecule has 0 saturated carbocycles. The van der Waals surface area contributed by atoms with Gasteiger partial charge in [-0.05, 0) is 32.8 Å². The van der Waals surface area contributed by atoms with Crippen molar-refractivity contribution in [1.82, 2.24) is 5.32 Å². The van der Waals surface area contributed by atoms with Crippen LogP contribution in [-0.2, 0) is 29.2 Å². The fourth-order valence-electron chi connectivity index (χ4n) is 2.52. The van der Waals surface area contributed by atoms with E-state index in [4.69, 9.17) is 14.4 Å². The van der Waals surface area contributed by atoms with Crippen molar-refractivity contribution >= 4 is 28.0 Å². The molecule has 1 unspecified atom stereocenters. The molecular weight excluding hydrogens is 486 g/mol. The average Bonchev–Trinajstić information content (AvgIpc) is 2.82. The lowest BCUT2D eigenvalue weighted by atomic mass is 10.1. The van der Waals surface area contributed by atoms with E-state index in [1.54, 1.807) is 6.92 Å². The molecule has 0 heterocycles. The van der Waals surface area contributed by atoms with Gasteiger partial charge in [-0.25, -0.2) is 9.59 Å². The maximum atomic E-state index is 11.1. The third-order valence-corrected chi connectivity index (χ3v) is 6.60. The maximum absolute atomic E-state index is 11.1. The number of carbonyl (C=O) groups excluding carboxylic acids is 2. The maximum Gasteiger partial charge on any atom is 0.333 e. The Morgan fingerprint density at radius 2 is 1.33 bits per heavy atom. The van der Waals surface area contributed by atoms with E-state index in [1.165, 1.54) is 71.6 Å². The number of unbranched alkanes of at least 4 members (excludes halogenated alkanes) is 9. The summed E-state index contributed by atoms with van der Waals surface area (Å²) in [5, 5.41) is 9.74. The van der Waals surface area contributed by atoms with Gasteiger partial charge in [0.25, 0.3) is 10.1 Å². The van der Waals surface area contributed by atoms with E-state index < -0.39 is 26.9 Å². The normalized spacial score (nSPS) is 11.8. The molecule has 0 aliphatic carbocycles. The lowest BCUT2D eigenvalue weighted by Crippen LogP contribution is -2.50. The number of rotatable bonds is 17. The molecule has 10 heteroatoms. The number of carbonyl (C=O) groups is 3. The molecule has 0 rings (SSSR count). The summed E-state index contributed by atoms with van der Waals surface area (Å²) in [6.45, 7) is 16.9. The topological polar surface area (TPSA) is 147 Å². The van der Waals surface area contributed by atoms with Crippen molar-refractivity contribution in [1.29, 1.82) is 0 Å². The van der Waals surface area contributed by atoms with Crippen molar-refractivity contribution in [3.05, 3.63) is 37.5 Å². The van der Waals surface area contributed by atoms with E-state index in [2.05, 4.69) is 32.0 Å². The number of amides is 1. The van der Waals surface area contributed by atoms with E-state index in [0.29, 0.717) is 12.2 Å². The molecule has 0 bridgehead atoms. The molecule has 1 amide bonds. The zero-order valence-electron chi connectivity index (χ0n) is 22.5. The van der Waals surface area contributed by atoms with Gasteiger partial charge in [0.05, 0.1) is 6.61 Å². The predicted octanol–water partition coefficient (Wildman–Crippen LogP) is 5.59. The van der Waals surface area contributed by atoms with Crippen LogP contribution in [0.4, 0.5) is 0 Å². The minimum Gasteiger partial charge on any atom is -0.478 e. The number of nitrogens with one attached hydrogen (secondary N) is 1. The molecule has 0 aromatic heterocycles. The van der Waals surface area contributed by atoms with Crippen molar-refractivity contribution in [2.45, 2.75) is 103 Å². The highest BCUT2D eigenvalue weighted by atomic mass is 32.2. The van der Waals surface area contributed by atoms with Crippen LogP contribution in [0.5, 0.6) is 0 Å². The monoisotopic (exact) mass is 533 g/mol. The Labute approximate surface area is 217 Å². The van der Waals surface area contributed by atoms with Crippen molar-refractivity contribution < 1.29 is 37.2 Å². The molecule has 0 spiro atoms. The predicted molar refractivity (Wildman–Crippen MR) is 144 cm³/mol. The Bertz CT molecular complexity index is 777. The molecule has 3 N–H and O–H groups in total. The van der Waals surface area contributed by atoms with Crippen LogP contribution in [0, 0.1) is 0 Å². The summed E-state index contributed by atoms with van der Waals surface area (Å²) in [6.07, 6.45) is 14.8. The van der Waals surface area contributed by atoms with Crippen LogP contribution < -0.4 is 5.32 Å². The van der Waals surface area contributed by atoms with Crippen molar-refractivity contribution in [2.24, 2.45) is 0 Å². The van der Waals surface area contributed by atoms with Gasteiger partial charge in [-0.1, -0.05) is 91.4 Å². The standard InChI is InChI=1S/C16H30O2.C7H13NO4S.C3H4O2/c1-4-5-6-7-8-9-10-11-12-13-14-18-16(17)15(2)3;1-4-6(9)8-7(3,5-2)13(10,11)12;1-2-3(4)5/h2,4-14H2,1,3H3;4H,1,5H2,2-3H3,(H,8,9)(H,10,11,12);2H,1H2,(H,4,5). The second-order valence-electron chi connectivity index (χ2n) is 8.39. The first kappa shape index (κ1) is 38.1. The van der Waals surface area contributed by atoms with Gasteiger partial charge < -0.3 is 15.2 Å². The number of esters is 1. The van der Waals surface area contributed by atoms with Crippen molar-refractivity contribution in [3.8, 4) is 0 Å². The molecule has 0 aromatic carbocycles. The van der Waals surface area contributed by atoms with Crippen LogP contribution in [0.25, 0.3) is 0 Å². The van der Waals surface area contributed by atoms with Gasteiger partial charge in [0, 0.05) is 11.6 Å². The summed E-state index contributed by atoms with van der Waals surface area (Å²) in [7, 11) is -4.30. The largest absolute Gasteiger partial charge is 0.478 e. The zero-order valence-corrected chi connectivity index (χ0v) is 23.3. The Kier molecular flexibility index (Phi) is 24.3. The first-order valence-corrected chi connectivity index (χ1v) is 13.8. The summed E-state index contributed by atoms with van der Waals surface area (Å²) in [4.78, 5) is 29.5. The minimum absolute atomic E-state index is 0.0748. The van der Waals surface area contributed by atoms with Crippen LogP contribution in [0.15, 0.2) is 37.5 Å². The lowest BCUT2D eigenvalue weighted by Gasteiger charge is -2.25. The second kappa shape index (κ2) is 23.0. The minimum atomic E-state index is -4.30. The van der Waals surface area contributed by atoms with E-state index in [1.807, 2.05) is 0 Å². The van der Waals surface area contributed by atoms with Gasteiger partial charge in [-0.15, -0.1) is 0 Å². The number of carboxylic acids is 1. The van der Waals surface area contributed by atoms with E-state index >= 15 is 0 Å². The summed E-state index contributed by atoms with van der Waals surface area (Å²) in [5.74, 6) is -1.88. The highest BCUT2D eigenvalue weighted by Gasteiger charge is 2.37. The van der Waals surface area contributed by atoms with Crippen LogP contribution in [0.1, 0.15) is 98.3 Å². The molecule has 9 nitrogen and oxygen atoms in total. The Balaban J connectivity index is -0.000000526. The van der Waals surface area contributed by atoms with Gasteiger partial charge in [0.2, 0.25) is 5.91 Å². The highest BCUT2D eigenvalue weighted by molar-refractivity contribution is 7.87. The number of hydrogen-bond acceptors (Lipinski definition) is 6. The van der Waals surface area contributed by atoms with Crippen molar-refractivity contribution in [3.63, 3.8) is 0 Å². The van der Waals surface area contributed by atoms with Crippen LogP contribution in [-0.4, -0.2) is 47.4 Å². The van der Waals surface area contributed by atoms with Gasteiger partial charge in [0.1, 0.15) is 0 Å². The summed E-state index contributed by atoms with van der Waals surface area (Å²) < 4.78 is 35.5. The molecule has 0 aromatic rings. The number of hydrogen-bond donors (Lipinski definition) is 3. The quantitative estimate of drug-likeness (QED) is 0.0949. The van der Waals surface area contributed by atoms with Gasteiger partial charge in [-0.2, -0.15) is 8.42 Å². The second-order valence-corrected chi connectivity index (χ2v) is 10.2. The molecule has 0 fully saturated rings. The molecule has 0 saturated heterocycles. The van der Waals surface area contributed by atoms with Crippen LogP contribution >= 0.6 is 0 Å². The lowest BCUT2D eigenvalue weighted by molar-refractivity contribution is -0.139. The first-order chi connectivity index (χ1) is 16.7. The molecular formula is C26H47NO8S. The molecule has 36 heavy (non-hydrogen) atoms. The van der Waals surface area contributed by atoms with Crippen molar-refractivity contribution in [2.75, 3.05) is 6.61 Å². The Hall–Kier alpha value is -2.46. The SMILES string of the molecule is C=C(C)C(=O)OCCCCCCCCCCCC.C=CC(=O)NC(C)(CC)S(=O)(=O)O.C=CC(=O)O. The number of aliphatic carboxylic acids is 1. The average molecular weight is 534 g/mol. The Morgan fingerprint density at radius 1 is 0.917 bits per heavy atom. The van der Waals surface area contributed by atoms with Gasteiger partial charge in [0.15, 0.2) is 4.87 Å². The third kappa shape index (κ3) is 23.3. The Morgan fingerprint density at radius 3 is 1.64 bits per heavy atom. The van der Waals surface area contributed by atoms with Crippen LogP contribution in [0.3, 0.4) is 0 Å². The first-order valence-electron chi connectivity index (χ1n) is 12.3. The molecule has 210 valence electrons. The van der Waals surface area contributed by atoms with E-state index in [9.17, 15) is 22.8 Å². The highest BCUT2D eigenvalue weighted by Crippen LogP contribution is 2.16. The van der Waals surface area contributed by atoms with E-state index in [0.717, 1.165) is 18.6 Å². The molecule has 0 radical (unpaired) electrons.